The van der Waals surface area contributed by atoms with Crippen LogP contribution >= 0.6 is 0 Å². The van der Waals surface area contributed by atoms with Crippen molar-refractivity contribution in [3.63, 3.8) is 0 Å². The molecule has 0 radical (unpaired) electrons. The molecule has 0 fully saturated rings. The molecule has 20 heavy (non-hydrogen) atoms. The lowest BCUT2D eigenvalue weighted by Crippen LogP contribution is -2.18. The van der Waals surface area contributed by atoms with Gasteiger partial charge in [0.15, 0.2) is 0 Å². The molecule has 0 saturated carbocycles. The van der Waals surface area contributed by atoms with E-state index >= 15 is 0 Å². The largest absolute Gasteiger partial charge is 0.389 e. The SMILES string of the molecule is CCCN(C)Cc1c[nH]nc1-c1ccc(C(C)O)cc1. The summed E-state index contributed by atoms with van der Waals surface area (Å²) in [6, 6.07) is 7.94. The van der Waals surface area contributed by atoms with Crippen molar-refractivity contribution in [2.24, 2.45) is 0 Å². The lowest BCUT2D eigenvalue weighted by molar-refractivity contribution is 0.199. The minimum absolute atomic E-state index is 0.432. The third kappa shape index (κ3) is 3.46. The Morgan fingerprint density at radius 1 is 1.30 bits per heavy atom. The van der Waals surface area contributed by atoms with Crippen LogP contribution in [0.3, 0.4) is 0 Å². The summed E-state index contributed by atoms with van der Waals surface area (Å²) in [5.41, 5.74) is 4.19. The lowest BCUT2D eigenvalue weighted by atomic mass is 10.0. The molecule has 2 rings (SSSR count). The van der Waals surface area contributed by atoms with Crippen LogP contribution < -0.4 is 0 Å². The maximum Gasteiger partial charge on any atom is 0.0965 e. The normalized spacial score (nSPS) is 12.8. The van der Waals surface area contributed by atoms with E-state index in [1.807, 2.05) is 30.5 Å². The fourth-order valence-electron chi connectivity index (χ4n) is 2.36. The molecule has 0 aliphatic heterocycles. The number of hydrogen-bond acceptors (Lipinski definition) is 3. The van der Waals surface area contributed by atoms with E-state index in [0.717, 1.165) is 36.3 Å². The van der Waals surface area contributed by atoms with Crippen molar-refractivity contribution in [2.45, 2.75) is 32.9 Å². The molecule has 108 valence electrons. The van der Waals surface area contributed by atoms with Crippen LogP contribution in [0.5, 0.6) is 0 Å². The number of aliphatic hydroxyl groups excluding tert-OH is 1. The van der Waals surface area contributed by atoms with Gasteiger partial charge in [-0.15, -0.1) is 0 Å². The monoisotopic (exact) mass is 273 g/mol. The second-order valence-corrected chi connectivity index (χ2v) is 5.29. The van der Waals surface area contributed by atoms with E-state index < -0.39 is 6.10 Å². The first-order valence-electron chi connectivity index (χ1n) is 7.11. The molecule has 0 saturated heterocycles. The van der Waals surface area contributed by atoms with E-state index in [1.165, 1.54) is 5.56 Å². The molecule has 0 spiro atoms. The van der Waals surface area contributed by atoms with E-state index in [2.05, 4.69) is 29.1 Å². The summed E-state index contributed by atoms with van der Waals surface area (Å²) in [7, 11) is 2.12. The van der Waals surface area contributed by atoms with Crippen molar-refractivity contribution in [1.82, 2.24) is 15.1 Å². The smallest absolute Gasteiger partial charge is 0.0965 e. The average Bonchev–Trinajstić information content (AvgIpc) is 2.87. The topological polar surface area (TPSA) is 52.2 Å². The molecule has 4 nitrogen and oxygen atoms in total. The van der Waals surface area contributed by atoms with Crippen LogP contribution in [0, 0.1) is 0 Å². The summed E-state index contributed by atoms with van der Waals surface area (Å²) in [6.07, 6.45) is 2.68. The quantitative estimate of drug-likeness (QED) is 0.850. The fraction of sp³-hybridized carbons (Fsp3) is 0.438. The predicted octanol–water partition coefficient (Wildman–Crippen LogP) is 2.97. The summed E-state index contributed by atoms with van der Waals surface area (Å²) in [4.78, 5) is 2.29. The van der Waals surface area contributed by atoms with Crippen LogP contribution in [0.4, 0.5) is 0 Å². The number of rotatable bonds is 6. The van der Waals surface area contributed by atoms with E-state index in [9.17, 15) is 5.11 Å². The van der Waals surface area contributed by atoms with Gasteiger partial charge in [-0.3, -0.25) is 5.10 Å². The average molecular weight is 273 g/mol. The van der Waals surface area contributed by atoms with Crippen molar-refractivity contribution >= 4 is 0 Å². The Hall–Kier alpha value is -1.65. The Labute approximate surface area is 120 Å². The van der Waals surface area contributed by atoms with Gasteiger partial charge in [0.1, 0.15) is 0 Å². The molecule has 2 N–H and O–H groups in total. The van der Waals surface area contributed by atoms with Gasteiger partial charge in [-0.2, -0.15) is 5.10 Å². The molecule has 4 heteroatoms. The Balaban J connectivity index is 2.18. The van der Waals surface area contributed by atoms with Gasteiger partial charge in [-0.25, -0.2) is 0 Å². The zero-order valence-corrected chi connectivity index (χ0v) is 12.4. The van der Waals surface area contributed by atoms with Gasteiger partial charge in [-0.05, 0) is 32.5 Å². The summed E-state index contributed by atoms with van der Waals surface area (Å²) >= 11 is 0. The first-order valence-corrected chi connectivity index (χ1v) is 7.11. The van der Waals surface area contributed by atoms with Gasteiger partial charge < -0.3 is 10.0 Å². The predicted molar refractivity (Wildman–Crippen MR) is 81.3 cm³/mol. The second-order valence-electron chi connectivity index (χ2n) is 5.29. The Kier molecular flexibility index (Phi) is 4.93. The van der Waals surface area contributed by atoms with Crippen molar-refractivity contribution in [3.8, 4) is 11.3 Å². The van der Waals surface area contributed by atoms with Gasteiger partial charge in [0.05, 0.1) is 11.8 Å². The second kappa shape index (κ2) is 6.68. The molecule has 0 aliphatic carbocycles. The van der Waals surface area contributed by atoms with E-state index in [4.69, 9.17) is 0 Å². The number of aromatic nitrogens is 2. The molecule has 1 aromatic carbocycles. The summed E-state index contributed by atoms with van der Waals surface area (Å²) in [5.74, 6) is 0. The number of nitrogens with zero attached hydrogens (tertiary/aromatic N) is 2. The van der Waals surface area contributed by atoms with Crippen molar-refractivity contribution in [3.05, 3.63) is 41.6 Å². The van der Waals surface area contributed by atoms with Crippen LogP contribution in [0.2, 0.25) is 0 Å². The van der Waals surface area contributed by atoms with Crippen molar-refractivity contribution < 1.29 is 5.11 Å². The zero-order chi connectivity index (χ0) is 14.5. The minimum Gasteiger partial charge on any atom is -0.389 e. The first kappa shape index (κ1) is 14.8. The highest BCUT2D eigenvalue weighted by molar-refractivity contribution is 5.62. The summed E-state index contributed by atoms with van der Waals surface area (Å²) < 4.78 is 0. The van der Waals surface area contributed by atoms with Crippen LogP contribution in [-0.2, 0) is 6.54 Å². The van der Waals surface area contributed by atoms with E-state index in [1.54, 1.807) is 6.92 Å². The van der Waals surface area contributed by atoms with Crippen LogP contribution in [0.15, 0.2) is 30.5 Å². The number of benzene rings is 1. The van der Waals surface area contributed by atoms with Gasteiger partial charge in [-0.1, -0.05) is 31.2 Å². The summed E-state index contributed by atoms with van der Waals surface area (Å²) in [5, 5.41) is 16.9. The van der Waals surface area contributed by atoms with E-state index in [0.29, 0.717) is 0 Å². The van der Waals surface area contributed by atoms with Gasteiger partial charge in [0.25, 0.3) is 0 Å². The summed E-state index contributed by atoms with van der Waals surface area (Å²) in [6.45, 7) is 5.92. The number of H-pyrrole nitrogens is 1. The molecular formula is C16H23N3O. The standard InChI is InChI=1S/C16H23N3O/c1-4-9-19(3)11-15-10-17-18-16(15)14-7-5-13(6-8-14)12(2)20/h5-8,10,12,20H,4,9,11H2,1-3H3,(H,17,18). The Morgan fingerprint density at radius 2 is 2.00 bits per heavy atom. The maximum atomic E-state index is 9.55. The number of hydrogen-bond donors (Lipinski definition) is 2. The molecule has 1 atom stereocenters. The van der Waals surface area contributed by atoms with Crippen LogP contribution in [0.1, 0.15) is 37.5 Å². The van der Waals surface area contributed by atoms with Crippen LogP contribution in [-0.4, -0.2) is 33.8 Å². The molecule has 1 unspecified atom stereocenters. The van der Waals surface area contributed by atoms with Crippen molar-refractivity contribution in [1.29, 1.82) is 0 Å². The highest BCUT2D eigenvalue weighted by atomic mass is 16.3. The Bertz CT molecular complexity index is 531. The minimum atomic E-state index is -0.432. The molecule has 0 aliphatic rings. The lowest BCUT2D eigenvalue weighted by Gasteiger charge is -2.15. The number of nitrogens with one attached hydrogen (secondary N) is 1. The highest BCUT2D eigenvalue weighted by Crippen LogP contribution is 2.24. The molecule has 1 heterocycles. The third-order valence-electron chi connectivity index (χ3n) is 3.43. The molecule has 1 aromatic heterocycles. The van der Waals surface area contributed by atoms with Gasteiger partial charge >= 0.3 is 0 Å². The fourth-order valence-corrected chi connectivity index (χ4v) is 2.36. The first-order chi connectivity index (χ1) is 9.61. The molecule has 0 bridgehead atoms. The zero-order valence-electron chi connectivity index (χ0n) is 12.4. The molecular weight excluding hydrogens is 250 g/mol. The number of aliphatic hydroxyl groups is 1. The molecule has 2 aromatic rings. The van der Waals surface area contributed by atoms with E-state index in [-0.39, 0.29) is 0 Å². The molecule has 0 amide bonds. The van der Waals surface area contributed by atoms with Gasteiger partial charge in [0, 0.05) is 23.9 Å². The maximum absolute atomic E-state index is 9.55. The third-order valence-corrected chi connectivity index (χ3v) is 3.43. The van der Waals surface area contributed by atoms with Crippen molar-refractivity contribution in [2.75, 3.05) is 13.6 Å². The highest BCUT2D eigenvalue weighted by Gasteiger charge is 2.11. The number of aromatic amines is 1. The van der Waals surface area contributed by atoms with Crippen LogP contribution in [0.25, 0.3) is 11.3 Å². The Morgan fingerprint density at radius 3 is 2.60 bits per heavy atom. The van der Waals surface area contributed by atoms with Gasteiger partial charge in [0.2, 0.25) is 0 Å².